The molecule has 0 aliphatic rings. The lowest BCUT2D eigenvalue weighted by molar-refractivity contribution is -0.124. The van der Waals surface area contributed by atoms with Crippen molar-refractivity contribution in [3.05, 3.63) is 83.7 Å². The zero-order valence-corrected chi connectivity index (χ0v) is 16.0. The second-order valence-electron chi connectivity index (χ2n) is 6.35. The lowest BCUT2D eigenvalue weighted by Crippen LogP contribution is -2.16. The van der Waals surface area contributed by atoms with Crippen LogP contribution in [0.3, 0.4) is 0 Å². The van der Waals surface area contributed by atoms with E-state index in [9.17, 15) is 9.59 Å². The largest absolute Gasteiger partial charge is 0.321 e. The Balaban J connectivity index is 1.90. The van der Waals surface area contributed by atoms with E-state index < -0.39 is 5.91 Å². The molecule has 0 fully saturated rings. The fourth-order valence-corrected chi connectivity index (χ4v) is 2.98. The van der Waals surface area contributed by atoms with Crippen LogP contribution in [0.1, 0.15) is 35.0 Å². The summed E-state index contributed by atoms with van der Waals surface area (Å²) < 4.78 is 1.79. The van der Waals surface area contributed by atoms with Gasteiger partial charge in [-0.3, -0.25) is 14.8 Å². The van der Waals surface area contributed by atoms with E-state index >= 15 is 0 Å². The number of aromatic nitrogens is 2. The molecule has 7 nitrogen and oxygen atoms in total. The van der Waals surface area contributed by atoms with E-state index in [0.717, 1.165) is 17.8 Å². The van der Waals surface area contributed by atoms with Gasteiger partial charge in [0.05, 0.1) is 23.1 Å². The third-order valence-corrected chi connectivity index (χ3v) is 4.33. The molecule has 7 heteroatoms. The number of hydrogen-bond acceptors (Lipinski definition) is 4. The quantitative estimate of drug-likeness (QED) is 0.326. The highest BCUT2D eigenvalue weighted by atomic mass is 16.5. The molecule has 2 aromatic carbocycles. The molecule has 0 spiro atoms. The van der Waals surface area contributed by atoms with Crippen LogP contribution in [0.15, 0.2) is 66.9 Å². The summed E-state index contributed by atoms with van der Waals surface area (Å²) in [7, 11) is 0. The fraction of sp³-hybridized carbons (Fsp3) is 0.136. The molecule has 3 rings (SSSR count). The van der Waals surface area contributed by atoms with Crippen molar-refractivity contribution >= 4 is 23.6 Å². The number of hydroxylamine groups is 1. The molecular formula is C22H22N4O3. The number of amides is 2. The molecule has 0 aliphatic carbocycles. The molecule has 0 aliphatic heterocycles. The zero-order valence-electron chi connectivity index (χ0n) is 16.0. The van der Waals surface area contributed by atoms with Crippen LogP contribution in [0.2, 0.25) is 0 Å². The van der Waals surface area contributed by atoms with E-state index in [1.54, 1.807) is 35.1 Å². The van der Waals surface area contributed by atoms with Gasteiger partial charge in [-0.2, -0.15) is 5.10 Å². The molecule has 1 heterocycles. The lowest BCUT2D eigenvalue weighted by atomic mass is 10.1. The number of rotatable bonds is 7. The van der Waals surface area contributed by atoms with Crippen molar-refractivity contribution < 1.29 is 14.8 Å². The van der Waals surface area contributed by atoms with Crippen molar-refractivity contribution in [1.82, 2.24) is 15.3 Å². The van der Waals surface area contributed by atoms with Crippen LogP contribution in [-0.4, -0.2) is 26.8 Å². The van der Waals surface area contributed by atoms with Crippen LogP contribution in [0.25, 0.3) is 11.8 Å². The topological polar surface area (TPSA) is 96.2 Å². The summed E-state index contributed by atoms with van der Waals surface area (Å²) in [5.41, 5.74) is 4.96. The van der Waals surface area contributed by atoms with Crippen LogP contribution in [0.4, 0.5) is 5.69 Å². The summed E-state index contributed by atoms with van der Waals surface area (Å²) in [6.07, 6.45) is 5.84. The molecule has 2 amide bonds. The second kappa shape index (κ2) is 9.48. The van der Waals surface area contributed by atoms with Gasteiger partial charge in [-0.15, -0.1) is 0 Å². The first-order chi connectivity index (χ1) is 14.1. The molecular weight excluding hydrogens is 368 g/mol. The van der Waals surface area contributed by atoms with Crippen molar-refractivity contribution in [2.75, 3.05) is 5.32 Å². The molecule has 0 atom stereocenters. The van der Waals surface area contributed by atoms with Gasteiger partial charge in [-0.25, -0.2) is 10.2 Å². The van der Waals surface area contributed by atoms with Crippen LogP contribution in [-0.2, 0) is 11.2 Å². The van der Waals surface area contributed by atoms with Gasteiger partial charge in [0.1, 0.15) is 0 Å². The molecule has 3 aromatic rings. The average molecular weight is 390 g/mol. The summed E-state index contributed by atoms with van der Waals surface area (Å²) >= 11 is 0. The summed E-state index contributed by atoms with van der Waals surface area (Å²) in [4.78, 5) is 24.2. The molecule has 0 bridgehead atoms. The number of para-hydroxylation sites is 2. The highest BCUT2D eigenvalue weighted by Crippen LogP contribution is 2.21. The van der Waals surface area contributed by atoms with Crippen molar-refractivity contribution in [2.24, 2.45) is 0 Å². The molecule has 3 N–H and O–H groups in total. The Morgan fingerprint density at radius 2 is 1.83 bits per heavy atom. The number of nitrogens with zero attached hydrogens (tertiary/aromatic N) is 2. The van der Waals surface area contributed by atoms with Gasteiger partial charge in [-0.1, -0.05) is 49.7 Å². The number of benzene rings is 2. The van der Waals surface area contributed by atoms with Crippen LogP contribution in [0.5, 0.6) is 0 Å². The Bertz CT molecular complexity index is 1030. The van der Waals surface area contributed by atoms with E-state index in [-0.39, 0.29) is 5.91 Å². The maximum Gasteiger partial charge on any atom is 0.267 e. The highest BCUT2D eigenvalue weighted by molar-refractivity contribution is 6.06. The first-order valence-electron chi connectivity index (χ1n) is 9.29. The molecule has 0 radical (unpaired) electrons. The number of carbonyl (C=O) groups is 2. The highest BCUT2D eigenvalue weighted by Gasteiger charge is 2.18. The predicted octanol–water partition coefficient (Wildman–Crippen LogP) is 3.60. The summed E-state index contributed by atoms with van der Waals surface area (Å²) in [6.45, 7) is 2.05. The van der Waals surface area contributed by atoms with Crippen LogP contribution >= 0.6 is 0 Å². The Labute approximate surface area is 168 Å². The van der Waals surface area contributed by atoms with Gasteiger partial charge in [0.15, 0.2) is 0 Å². The van der Waals surface area contributed by atoms with Crippen molar-refractivity contribution in [3.8, 4) is 5.69 Å². The Hall–Kier alpha value is -3.71. The summed E-state index contributed by atoms with van der Waals surface area (Å²) in [5, 5.41) is 15.9. The van der Waals surface area contributed by atoms with Gasteiger partial charge in [0.2, 0.25) is 0 Å². The van der Waals surface area contributed by atoms with Gasteiger partial charge < -0.3 is 5.32 Å². The third-order valence-electron chi connectivity index (χ3n) is 4.33. The van der Waals surface area contributed by atoms with E-state index in [0.29, 0.717) is 23.2 Å². The summed E-state index contributed by atoms with van der Waals surface area (Å²) in [6, 6.07) is 16.8. The normalized spacial score (nSPS) is 10.8. The fourth-order valence-electron chi connectivity index (χ4n) is 2.98. The van der Waals surface area contributed by atoms with Gasteiger partial charge >= 0.3 is 0 Å². The smallest absolute Gasteiger partial charge is 0.267 e. The molecule has 29 heavy (non-hydrogen) atoms. The molecule has 0 unspecified atom stereocenters. The Kier molecular flexibility index (Phi) is 6.55. The SMILES string of the molecule is CCCc1c(C(=O)Nc2ccccc2C=CC(=O)NO)cnn1-c1ccccc1. The molecule has 148 valence electrons. The zero-order chi connectivity index (χ0) is 20.6. The summed E-state index contributed by atoms with van der Waals surface area (Å²) in [5.74, 6) is -0.927. The van der Waals surface area contributed by atoms with E-state index in [4.69, 9.17) is 5.21 Å². The Morgan fingerprint density at radius 1 is 1.10 bits per heavy atom. The number of hydrogen-bond donors (Lipinski definition) is 3. The average Bonchev–Trinajstić information content (AvgIpc) is 3.17. The van der Waals surface area contributed by atoms with E-state index in [2.05, 4.69) is 17.3 Å². The lowest BCUT2D eigenvalue weighted by Gasteiger charge is -2.11. The van der Waals surface area contributed by atoms with Gasteiger partial charge in [-0.05, 0) is 36.3 Å². The molecule has 0 saturated carbocycles. The van der Waals surface area contributed by atoms with E-state index in [1.165, 1.54) is 17.6 Å². The van der Waals surface area contributed by atoms with Gasteiger partial charge in [0, 0.05) is 11.8 Å². The minimum absolute atomic E-state index is 0.275. The minimum Gasteiger partial charge on any atom is -0.321 e. The van der Waals surface area contributed by atoms with Crippen molar-refractivity contribution in [1.29, 1.82) is 0 Å². The Morgan fingerprint density at radius 3 is 2.55 bits per heavy atom. The van der Waals surface area contributed by atoms with Crippen LogP contribution in [0, 0.1) is 0 Å². The first kappa shape index (κ1) is 20.0. The predicted molar refractivity (Wildman–Crippen MR) is 111 cm³/mol. The number of anilines is 1. The maximum absolute atomic E-state index is 13.0. The van der Waals surface area contributed by atoms with Crippen molar-refractivity contribution in [3.63, 3.8) is 0 Å². The number of nitrogens with one attached hydrogen (secondary N) is 2. The second-order valence-corrected chi connectivity index (χ2v) is 6.35. The minimum atomic E-state index is -0.652. The third kappa shape index (κ3) is 4.77. The molecule has 1 aromatic heterocycles. The standard InChI is InChI=1S/C22H22N4O3/c1-2-8-20-18(15-23-26(20)17-10-4-3-5-11-17)22(28)24-19-12-7-6-9-16(19)13-14-21(27)25-29/h3-7,9-15,29H,2,8H2,1H3,(H,24,28)(H,25,27). The van der Waals surface area contributed by atoms with Crippen LogP contribution < -0.4 is 10.8 Å². The maximum atomic E-state index is 13.0. The van der Waals surface area contributed by atoms with Gasteiger partial charge in [0.25, 0.3) is 11.8 Å². The van der Waals surface area contributed by atoms with E-state index in [1.807, 2.05) is 30.3 Å². The molecule has 0 saturated heterocycles. The van der Waals surface area contributed by atoms with Crippen molar-refractivity contribution in [2.45, 2.75) is 19.8 Å². The first-order valence-corrected chi connectivity index (χ1v) is 9.29. The number of carbonyl (C=O) groups excluding carboxylic acids is 2. The monoisotopic (exact) mass is 390 g/mol.